The molecule has 2 N–H and O–H groups in total. The molecule has 0 aliphatic heterocycles. The van der Waals surface area contributed by atoms with E-state index in [9.17, 15) is 9.90 Å². The van der Waals surface area contributed by atoms with Crippen molar-refractivity contribution in [3.05, 3.63) is 27.5 Å². The molecule has 2 rings (SSSR count). The zero-order valence-corrected chi connectivity index (χ0v) is 9.70. The third-order valence-electron chi connectivity index (χ3n) is 2.49. The van der Waals surface area contributed by atoms with E-state index in [-0.39, 0.29) is 18.0 Å². The van der Waals surface area contributed by atoms with Crippen molar-refractivity contribution in [1.29, 1.82) is 0 Å². The fourth-order valence-electron chi connectivity index (χ4n) is 1.62. The maximum Gasteiger partial charge on any atom is 0.351 e. The van der Waals surface area contributed by atoms with Gasteiger partial charge in [0.25, 0.3) is 5.88 Å². The number of rotatable bonds is 3. The van der Waals surface area contributed by atoms with E-state index in [0.717, 1.165) is 0 Å². The second-order valence-corrected chi connectivity index (χ2v) is 4.41. The third kappa shape index (κ3) is 1.60. The molecule has 0 fully saturated rings. The van der Waals surface area contributed by atoms with Crippen LogP contribution in [0.5, 0.6) is 5.88 Å². The van der Waals surface area contributed by atoms with Crippen LogP contribution >= 0.6 is 11.3 Å². The molecular weight excluding hydrogens is 228 g/mol. The van der Waals surface area contributed by atoms with Gasteiger partial charge < -0.3 is 10.2 Å². The van der Waals surface area contributed by atoms with Crippen LogP contribution in [0, 0.1) is 6.92 Å². The van der Waals surface area contributed by atoms with Gasteiger partial charge in [-0.2, -0.15) is 8.97 Å². The Morgan fingerprint density at radius 2 is 2.31 bits per heavy atom. The first-order valence-corrected chi connectivity index (χ1v) is 5.87. The summed E-state index contributed by atoms with van der Waals surface area (Å²) in [6.07, 6.45) is 2.23. The summed E-state index contributed by atoms with van der Waals surface area (Å²) in [5.74, 6) is -0.0131. The Morgan fingerprint density at radius 1 is 1.56 bits per heavy atom. The minimum Gasteiger partial charge on any atom is -0.477 e. The monoisotopic (exact) mass is 241 g/mol. The highest BCUT2D eigenvalue weighted by molar-refractivity contribution is 7.14. The summed E-state index contributed by atoms with van der Waals surface area (Å²) in [7, 11) is 0. The van der Waals surface area contributed by atoms with Gasteiger partial charge in [0.1, 0.15) is 11.8 Å². The molecule has 0 saturated carbocycles. The predicted octanol–water partition coefficient (Wildman–Crippen LogP) is 0.0449. The van der Waals surface area contributed by atoms with Gasteiger partial charge in [-0.1, -0.05) is 11.3 Å². The van der Waals surface area contributed by atoms with Gasteiger partial charge in [0.15, 0.2) is 0 Å². The third-order valence-corrected chi connectivity index (χ3v) is 3.38. The smallest absolute Gasteiger partial charge is 0.351 e. The van der Waals surface area contributed by atoms with Gasteiger partial charge in [-0.15, -0.1) is 0 Å². The summed E-state index contributed by atoms with van der Waals surface area (Å²) in [5, 5.41) is 20.5. The maximum atomic E-state index is 11.8. The largest absolute Gasteiger partial charge is 0.477 e. The van der Waals surface area contributed by atoms with E-state index in [1.807, 2.05) is 0 Å². The minimum atomic E-state index is -0.200. The van der Waals surface area contributed by atoms with Crippen LogP contribution in [-0.4, -0.2) is 21.2 Å². The van der Waals surface area contributed by atoms with Crippen molar-refractivity contribution in [2.45, 2.75) is 19.9 Å². The van der Waals surface area contributed by atoms with Gasteiger partial charge in [-0.25, -0.2) is 4.79 Å². The van der Waals surface area contributed by atoms with Crippen molar-refractivity contribution in [1.82, 2.24) is 4.40 Å². The summed E-state index contributed by atoms with van der Waals surface area (Å²) in [5.41, 5.74) is 0.128. The molecule has 2 heterocycles. The topological polar surface area (TPSA) is 65.8 Å². The van der Waals surface area contributed by atoms with Gasteiger partial charge in [0, 0.05) is 18.4 Å². The van der Waals surface area contributed by atoms with Crippen molar-refractivity contribution in [3.8, 4) is 5.88 Å². The summed E-state index contributed by atoms with van der Waals surface area (Å²) in [4.78, 5) is 12.5. The Hall–Kier alpha value is -1.40. The standard InChI is InChI=1S/C10H12N2O3S/c1-7-8(14)11(3-2-5-13)10-12(9(7)15)4-6-16-10/h4,6,13H,2-3,5H2,1H3/p+1. The first kappa shape index (κ1) is 11.1. The molecule has 0 radical (unpaired) electrons. The summed E-state index contributed by atoms with van der Waals surface area (Å²) < 4.78 is 3.16. The lowest BCUT2D eigenvalue weighted by atomic mass is 10.3. The highest BCUT2D eigenvalue weighted by Gasteiger charge is 2.21. The molecule has 5 nitrogen and oxygen atoms in total. The SMILES string of the molecule is Cc1c(O)[n+](CCCO)c2sccn2c1=O. The minimum absolute atomic E-state index is 0.0131. The van der Waals surface area contributed by atoms with Gasteiger partial charge in [0.05, 0.1) is 6.54 Å². The number of aliphatic hydroxyl groups is 1. The summed E-state index contributed by atoms with van der Waals surface area (Å²) >= 11 is 1.39. The fraction of sp³-hybridized carbons (Fsp3) is 0.400. The number of aromatic nitrogens is 2. The van der Waals surface area contributed by atoms with E-state index in [1.54, 1.807) is 23.1 Å². The van der Waals surface area contributed by atoms with E-state index in [0.29, 0.717) is 23.5 Å². The normalized spacial score (nSPS) is 11.1. The number of aromatic hydroxyl groups is 1. The number of thiazole rings is 1. The quantitative estimate of drug-likeness (QED) is 0.746. The summed E-state index contributed by atoms with van der Waals surface area (Å²) in [6, 6.07) is 0. The Balaban J connectivity index is 2.70. The first-order chi connectivity index (χ1) is 7.66. The average molecular weight is 241 g/mol. The first-order valence-electron chi connectivity index (χ1n) is 4.99. The summed E-state index contributed by atoms with van der Waals surface area (Å²) in [6.45, 7) is 2.15. The zero-order chi connectivity index (χ0) is 11.7. The molecule has 0 unspecified atom stereocenters. The number of hydrogen-bond acceptors (Lipinski definition) is 4. The van der Waals surface area contributed by atoms with Crippen LogP contribution in [-0.2, 0) is 6.54 Å². The van der Waals surface area contributed by atoms with Crippen molar-refractivity contribution in [2.24, 2.45) is 0 Å². The van der Waals surface area contributed by atoms with Gasteiger partial charge in [-0.05, 0) is 6.92 Å². The van der Waals surface area contributed by atoms with Crippen molar-refractivity contribution >= 4 is 16.3 Å². The Morgan fingerprint density at radius 3 is 3.00 bits per heavy atom. The number of hydrogen-bond donors (Lipinski definition) is 2. The molecule has 0 atom stereocenters. The second kappa shape index (κ2) is 4.23. The van der Waals surface area contributed by atoms with Crippen LogP contribution in [0.3, 0.4) is 0 Å². The lowest BCUT2D eigenvalue weighted by Gasteiger charge is -2.04. The number of aryl methyl sites for hydroxylation is 1. The van der Waals surface area contributed by atoms with Crippen molar-refractivity contribution in [2.75, 3.05) is 6.61 Å². The molecule has 2 aromatic heterocycles. The number of nitrogens with zero attached hydrogens (tertiary/aromatic N) is 2. The predicted molar refractivity (Wildman–Crippen MR) is 59.8 cm³/mol. The highest BCUT2D eigenvalue weighted by atomic mass is 32.1. The van der Waals surface area contributed by atoms with E-state index in [1.165, 1.54) is 15.7 Å². The lowest BCUT2D eigenvalue weighted by molar-refractivity contribution is -0.679. The fourth-order valence-corrected chi connectivity index (χ4v) is 2.49. The molecule has 0 aliphatic carbocycles. The van der Waals surface area contributed by atoms with Crippen molar-refractivity contribution in [3.63, 3.8) is 0 Å². The molecule has 0 bridgehead atoms. The molecule has 86 valence electrons. The molecular formula is C10H13N2O3S+. The maximum absolute atomic E-state index is 11.8. The number of fused-ring (bicyclic) bond motifs is 1. The van der Waals surface area contributed by atoms with E-state index >= 15 is 0 Å². The molecule has 0 spiro atoms. The van der Waals surface area contributed by atoms with Crippen LogP contribution in [0.25, 0.3) is 4.96 Å². The molecule has 6 heteroatoms. The van der Waals surface area contributed by atoms with Gasteiger partial charge in [-0.3, -0.25) is 0 Å². The molecule has 0 aliphatic rings. The van der Waals surface area contributed by atoms with Crippen LogP contribution in [0.2, 0.25) is 0 Å². The molecule has 16 heavy (non-hydrogen) atoms. The Labute approximate surface area is 95.8 Å². The van der Waals surface area contributed by atoms with Crippen LogP contribution in [0.1, 0.15) is 12.0 Å². The highest BCUT2D eigenvalue weighted by Crippen LogP contribution is 2.12. The van der Waals surface area contributed by atoms with Gasteiger partial charge >= 0.3 is 10.5 Å². The van der Waals surface area contributed by atoms with E-state index < -0.39 is 0 Å². The second-order valence-electron chi connectivity index (χ2n) is 3.54. The molecule has 2 aromatic rings. The van der Waals surface area contributed by atoms with Crippen molar-refractivity contribution < 1.29 is 14.8 Å². The Kier molecular flexibility index (Phi) is 2.93. The molecule has 0 amide bonds. The van der Waals surface area contributed by atoms with Crippen LogP contribution < -0.4 is 10.1 Å². The van der Waals surface area contributed by atoms with Crippen LogP contribution in [0.15, 0.2) is 16.4 Å². The number of aliphatic hydroxyl groups excluding tert-OH is 1. The van der Waals surface area contributed by atoms with E-state index in [4.69, 9.17) is 5.11 Å². The zero-order valence-electron chi connectivity index (χ0n) is 8.88. The molecule has 0 aromatic carbocycles. The van der Waals surface area contributed by atoms with Crippen LogP contribution in [0.4, 0.5) is 0 Å². The average Bonchev–Trinajstić information content (AvgIpc) is 2.75. The Bertz CT molecular complexity index is 573. The van der Waals surface area contributed by atoms with Gasteiger partial charge in [0.2, 0.25) is 0 Å². The molecule has 0 saturated heterocycles. The lowest BCUT2D eigenvalue weighted by Crippen LogP contribution is -2.40. The van der Waals surface area contributed by atoms with E-state index in [2.05, 4.69) is 0 Å².